The van der Waals surface area contributed by atoms with Crippen molar-refractivity contribution in [1.82, 2.24) is 0 Å². The van der Waals surface area contributed by atoms with Crippen LogP contribution in [0.2, 0.25) is 5.02 Å². The number of benzene rings is 1. The molecule has 0 saturated carbocycles. The molecule has 100 valence electrons. The van der Waals surface area contributed by atoms with Gasteiger partial charge in [0.2, 0.25) is 0 Å². The van der Waals surface area contributed by atoms with E-state index in [1.165, 1.54) is 0 Å². The fourth-order valence-corrected chi connectivity index (χ4v) is 2.89. The lowest BCUT2D eigenvalue weighted by molar-refractivity contribution is 0.00312. The monoisotopic (exact) mass is 350 g/mol. The fraction of sp³-hybridized carbons (Fsp3) is 0.538. The van der Waals surface area contributed by atoms with Crippen LogP contribution < -0.4 is 4.74 Å². The third kappa shape index (κ3) is 3.56. The summed E-state index contributed by atoms with van der Waals surface area (Å²) in [5.41, 5.74) is 0.104. The van der Waals surface area contributed by atoms with Gasteiger partial charge in [-0.05, 0) is 36.8 Å². The lowest BCUT2D eigenvalue weighted by Crippen LogP contribution is -2.36. The van der Waals surface area contributed by atoms with Crippen LogP contribution in [-0.2, 0) is 4.74 Å². The number of rotatable bonds is 4. The predicted octanol–water partition coefficient (Wildman–Crippen LogP) is 4.21. The first-order valence-electron chi connectivity index (χ1n) is 5.92. The Kier molecular flexibility index (Phi) is 5.24. The van der Waals surface area contributed by atoms with Gasteiger partial charge in [0.1, 0.15) is 5.75 Å². The van der Waals surface area contributed by atoms with Gasteiger partial charge in [-0.25, -0.2) is 0 Å². The zero-order chi connectivity index (χ0) is 13.0. The Labute approximate surface area is 127 Å². The molecule has 0 aromatic heterocycles. The van der Waals surface area contributed by atoms with E-state index in [0.29, 0.717) is 11.6 Å². The van der Waals surface area contributed by atoms with E-state index in [4.69, 9.17) is 21.1 Å². The maximum atomic E-state index is 6.11. The van der Waals surface area contributed by atoms with Crippen LogP contribution in [-0.4, -0.2) is 25.6 Å². The first-order valence-corrected chi connectivity index (χ1v) is 7.72. The van der Waals surface area contributed by atoms with Gasteiger partial charge in [0.05, 0.1) is 11.6 Å². The second-order valence-electron chi connectivity index (χ2n) is 4.63. The topological polar surface area (TPSA) is 18.5 Å². The second-order valence-corrected chi connectivity index (χ2v) is 6.27. The summed E-state index contributed by atoms with van der Waals surface area (Å²) in [7, 11) is 0. The minimum Gasteiger partial charge on any atom is -0.491 e. The standard InChI is InChI=1S/C13H16BrClO2S/c14-10-1-2-11(15)12(7-10)17-8-13(9-18)3-5-16-6-4-13/h1-2,7,18H,3-6,8-9H2. The van der Waals surface area contributed by atoms with Crippen LogP contribution in [0.3, 0.4) is 0 Å². The molecule has 0 bridgehead atoms. The van der Waals surface area contributed by atoms with E-state index in [0.717, 1.165) is 42.0 Å². The van der Waals surface area contributed by atoms with Gasteiger partial charge in [0.15, 0.2) is 0 Å². The number of ether oxygens (including phenoxy) is 2. The van der Waals surface area contributed by atoms with Gasteiger partial charge < -0.3 is 9.47 Å². The molecular formula is C13H16BrClO2S. The Morgan fingerprint density at radius 1 is 1.39 bits per heavy atom. The Morgan fingerprint density at radius 3 is 2.78 bits per heavy atom. The summed E-state index contributed by atoms with van der Waals surface area (Å²) in [6.45, 7) is 2.21. The molecule has 18 heavy (non-hydrogen) atoms. The van der Waals surface area contributed by atoms with E-state index in [1.54, 1.807) is 0 Å². The van der Waals surface area contributed by atoms with Crippen LogP contribution in [0.4, 0.5) is 0 Å². The summed E-state index contributed by atoms with van der Waals surface area (Å²) in [5.74, 6) is 1.53. The van der Waals surface area contributed by atoms with Gasteiger partial charge in [0, 0.05) is 23.1 Å². The highest BCUT2D eigenvalue weighted by molar-refractivity contribution is 9.10. The molecule has 0 spiro atoms. The molecule has 0 unspecified atom stereocenters. The van der Waals surface area contributed by atoms with Gasteiger partial charge in [-0.3, -0.25) is 0 Å². The lowest BCUT2D eigenvalue weighted by atomic mass is 9.83. The zero-order valence-corrected chi connectivity index (χ0v) is 13.2. The molecule has 1 aromatic carbocycles. The van der Waals surface area contributed by atoms with Crippen LogP contribution in [0.15, 0.2) is 22.7 Å². The maximum absolute atomic E-state index is 6.11. The first-order chi connectivity index (χ1) is 8.65. The van der Waals surface area contributed by atoms with Crippen LogP contribution >= 0.6 is 40.2 Å². The largest absolute Gasteiger partial charge is 0.491 e. The minimum atomic E-state index is 0.104. The smallest absolute Gasteiger partial charge is 0.139 e. The minimum absolute atomic E-state index is 0.104. The van der Waals surface area contributed by atoms with Gasteiger partial charge in [-0.1, -0.05) is 27.5 Å². The quantitative estimate of drug-likeness (QED) is 0.819. The van der Waals surface area contributed by atoms with Crippen molar-refractivity contribution in [2.45, 2.75) is 12.8 Å². The van der Waals surface area contributed by atoms with E-state index < -0.39 is 0 Å². The molecule has 1 heterocycles. The molecule has 5 heteroatoms. The van der Waals surface area contributed by atoms with Gasteiger partial charge in [-0.15, -0.1) is 0 Å². The Morgan fingerprint density at radius 2 is 2.11 bits per heavy atom. The number of hydrogen-bond acceptors (Lipinski definition) is 3. The molecule has 1 fully saturated rings. The molecule has 2 rings (SSSR count). The van der Waals surface area contributed by atoms with Crippen LogP contribution in [0, 0.1) is 5.41 Å². The molecule has 0 radical (unpaired) electrons. The second kappa shape index (κ2) is 6.51. The first kappa shape index (κ1) is 14.5. The highest BCUT2D eigenvalue weighted by Gasteiger charge is 2.32. The van der Waals surface area contributed by atoms with Crippen LogP contribution in [0.25, 0.3) is 0 Å². The summed E-state index contributed by atoms with van der Waals surface area (Å²) in [5, 5.41) is 0.638. The molecule has 0 aliphatic carbocycles. The van der Waals surface area contributed by atoms with Crippen molar-refractivity contribution >= 4 is 40.2 Å². The van der Waals surface area contributed by atoms with Crippen molar-refractivity contribution in [3.63, 3.8) is 0 Å². The van der Waals surface area contributed by atoms with Crippen LogP contribution in [0.1, 0.15) is 12.8 Å². The molecule has 2 nitrogen and oxygen atoms in total. The zero-order valence-electron chi connectivity index (χ0n) is 9.99. The normalized spacial score (nSPS) is 18.6. The number of hydrogen-bond donors (Lipinski definition) is 1. The van der Waals surface area contributed by atoms with Crippen molar-refractivity contribution in [3.8, 4) is 5.75 Å². The van der Waals surface area contributed by atoms with E-state index in [1.807, 2.05) is 18.2 Å². The summed E-state index contributed by atoms with van der Waals surface area (Å²) in [6, 6.07) is 5.63. The molecule has 1 saturated heterocycles. The molecule has 0 atom stereocenters. The third-order valence-corrected chi connectivity index (χ3v) is 4.79. The fourth-order valence-electron chi connectivity index (χ4n) is 1.97. The Hall–Kier alpha value is 0.1000. The Bertz CT molecular complexity index is 408. The van der Waals surface area contributed by atoms with Crippen molar-refractivity contribution in [2.75, 3.05) is 25.6 Å². The van der Waals surface area contributed by atoms with Crippen molar-refractivity contribution in [2.24, 2.45) is 5.41 Å². The average Bonchev–Trinajstić information content (AvgIpc) is 2.41. The predicted molar refractivity (Wildman–Crippen MR) is 81.0 cm³/mol. The van der Waals surface area contributed by atoms with Gasteiger partial charge >= 0.3 is 0 Å². The maximum Gasteiger partial charge on any atom is 0.139 e. The SMILES string of the molecule is SCC1(COc2cc(Br)ccc2Cl)CCOCC1. The molecular weight excluding hydrogens is 336 g/mol. The summed E-state index contributed by atoms with van der Waals surface area (Å²) in [6.07, 6.45) is 1.98. The van der Waals surface area contributed by atoms with E-state index in [2.05, 4.69) is 28.6 Å². The van der Waals surface area contributed by atoms with Crippen molar-refractivity contribution in [1.29, 1.82) is 0 Å². The van der Waals surface area contributed by atoms with E-state index >= 15 is 0 Å². The highest BCUT2D eigenvalue weighted by atomic mass is 79.9. The molecule has 1 aliphatic rings. The third-order valence-electron chi connectivity index (χ3n) is 3.32. The Balaban J connectivity index is 2.03. The van der Waals surface area contributed by atoms with Crippen molar-refractivity contribution in [3.05, 3.63) is 27.7 Å². The number of halogens is 2. The number of thiol groups is 1. The van der Waals surface area contributed by atoms with Crippen LogP contribution in [0.5, 0.6) is 5.75 Å². The summed E-state index contributed by atoms with van der Waals surface area (Å²) in [4.78, 5) is 0. The highest BCUT2D eigenvalue weighted by Crippen LogP contribution is 2.34. The lowest BCUT2D eigenvalue weighted by Gasteiger charge is -2.35. The van der Waals surface area contributed by atoms with Gasteiger partial charge in [0.25, 0.3) is 0 Å². The van der Waals surface area contributed by atoms with E-state index in [-0.39, 0.29) is 5.41 Å². The summed E-state index contributed by atoms with van der Waals surface area (Å²) >= 11 is 14.0. The van der Waals surface area contributed by atoms with Gasteiger partial charge in [-0.2, -0.15) is 12.6 Å². The molecule has 0 N–H and O–H groups in total. The molecule has 0 amide bonds. The average molecular weight is 352 g/mol. The molecule has 1 aliphatic heterocycles. The molecule has 1 aromatic rings. The van der Waals surface area contributed by atoms with Crippen molar-refractivity contribution < 1.29 is 9.47 Å². The summed E-state index contributed by atoms with van der Waals surface area (Å²) < 4.78 is 12.2. The van der Waals surface area contributed by atoms with E-state index in [9.17, 15) is 0 Å².